The van der Waals surface area contributed by atoms with Crippen molar-refractivity contribution in [3.63, 3.8) is 0 Å². The maximum Gasteiger partial charge on any atom is 0.231 e. The predicted octanol–water partition coefficient (Wildman–Crippen LogP) is 5.41. The zero-order valence-electron chi connectivity index (χ0n) is 15.7. The Bertz CT molecular complexity index is 1030. The average molecular weight is 416 g/mol. The first kappa shape index (κ1) is 19.2. The Morgan fingerprint density at radius 1 is 1.00 bits per heavy atom. The zero-order chi connectivity index (χ0) is 20.2. The molecule has 7 heteroatoms. The van der Waals surface area contributed by atoms with Crippen LogP contribution in [0.25, 0.3) is 0 Å². The molecule has 0 saturated heterocycles. The van der Waals surface area contributed by atoms with Crippen LogP contribution in [0.2, 0.25) is 5.02 Å². The van der Waals surface area contributed by atoms with Crippen LogP contribution in [-0.2, 0) is 13.2 Å². The fourth-order valence-corrected chi connectivity index (χ4v) is 3.18. The quantitative estimate of drug-likeness (QED) is 0.559. The van der Waals surface area contributed by atoms with E-state index in [4.69, 9.17) is 30.5 Å². The second-order valence-electron chi connectivity index (χ2n) is 6.40. The van der Waals surface area contributed by atoms with Crippen molar-refractivity contribution in [3.05, 3.63) is 76.6 Å². The third-order valence-electron chi connectivity index (χ3n) is 4.53. The third-order valence-corrected chi connectivity index (χ3v) is 4.88. The highest BCUT2D eigenvalue weighted by molar-refractivity contribution is 6.31. The molecule has 1 heterocycles. The molecule has 29 heavy (non-hydrogen) atoms. The number of methoxy groups -OCH3 is 1. The molecule has 0 unspecified atom stereocenters. The predicted molar refractivity (Wildman–Crippen MR) is 109 cm³/mol. The van der Waals surface area contributed by atoms with E-state index in [0.29, 0.717) is 34.4 Å². The molecule has 0 saturated carbocycles. The van der Waals surface area contributed by atoms with Crippen LogP contribution in [0.5, 0.6) is 23.0 Å². The van der Waals surface area contributed by atoms with Crippen LogP contribution < -0.4 is 24.3 Å². The number of fused-ring (bicyclic) bond motifs is 1. The maximum absolute atomic E-state index is 13.8. The molecule has 1 N–H and O–H groups in total. The van der Waals surface area contributed by atoms with Crippen molar-refractivity contribution >= 4 is 17.3 Å². The fraction of sp³-hybridized carbons (Fsp3) is 0.182. The molecule has 3 aromatic rings. The van der Waals surface area contributed by atoms with Crippen molar-refractivity contribution in [1.29, 1.82) is 0 Å². The summed E-state index contributed by atoms with van der Waals surface area (Å²) in [5.41, 5.74) is 2.17. The van der Waals surface area contributed by atoms with Crippen molar-refractivity contribution in [1.82, 2.24) is 0 Å². The van der Waals surface area contributed by atoms with Crippen molar-refractivity contribution in [2.45, 2.75) is 13.2 Å². The Morgan fingerprint density at radius 3 is 2.66 bits per heavy atom. The summed E-state index contributed by atoms with van der Waals surface area (Å²) in [6, 6.07) is 15.6. The van der Waals surface area contributed by atoms with Crippen LogP contribution in [0.4, 0.5) is 10.1 Å². The smallest absolute Gasteiger partial charge is 0.231 e. The molecule has 1 aliphatic rings. The lowest BCUT2D eigenvalue weighted by Gasteiger charge is -2.15. The zero-order valence-corrected chi connectivity index (χ0v) is 16.5. The van der Waals surface area contributed by atoms with Crippen molar-refractivity contribution < 1.29 is 23.3 Å². The summed E-state index contributed by atoms with van der Waals surface area (Å²) in [4.78, 5) is 0. The molecule has 0 radical (unpaired) electrons. The van der Waals surface area contributed by atoms with E-state index >= 15 is 0 Å². The Kier molecular flexibility index (Phi) is 5.62. The normalized spacial score (nSPS) is 12.0. The summed E-state index contributed by atoms with van der Waals surface area (Å²) < 4.78 is 35.7. The second-order valence-corrected chi connectivity index (χ2v) is 6.80. The number of benzene rings is 3. The van der Waals surface area contributed by atoms with Crippen molar-refractivity contribution in [2.75, 3.05) is 19.2 Å². The van der Waals surface area contributed by atoms with E-state index in [2.05, 4.69) is 5.32 Å². The monoisotopic (exact) mass is 415 g/mol. The van der Waals surface area contributed by atoms with Gasteiger partial charge in [0.05, 0.1) is 7.11 Å². The lowest BCUT2D eigenvalue weighted by atomic mass is 10.2. The highest BCUT2D eigenvalue weighted by Gasteiger charge is 2.15. The Balaban J connectivity index is 1.46. The van der Waals surface area contributed by atoms with E-state index in [0.717, 1.165) is 17.0 Å². The van der Waals surface area contributed by atoms with Gasteiger partial charge in [-0.25, -0.2) is 4.39 Å². The Hall–Kier alpha value is -3.12. The second kappa shape index (κ2) is 8.49. The minimum absolute atomic E-state index is 0.0775. The molecule has 0 bridgehead atoms. The molecule has 150 valence electrons. The number of rotatable bonds is 7. The summed E-state index contributed by atoms with van der Waals surface area (Å²) in [5.74, 6) is 2.09. The number of ether oxygens (including phenoxy) is 4. The van der Waals surface area contributed by atoms with Gasteiger partial charge in [0.15, 0.2) is 23.0 Å². The van der Waals surface area contributed by atoms with Crippen LogP contribution in [-0.4, -0.2) is 13.9 Å². The van der Waals surface area contributed by atoms with Gasteiger partial charge in [0, 0.05) is 35.0 Å². The number of nitrogens with one attached hydrogen (secondary N) is 1. The van der Waals surface area contributed by atoms with Gasteiger partial charge in [0.1, 0.15) is 12.4 Å². The lowest BCUT2D eigenvalue weighted by Crippen LogP contribution is -2.03. The van der Waals surface area contributed by atoms with Gasteiger partial charge in [-0.3, -0.25) is 0 Å². The molecular weight excluding hydrogens is 397 g/mol. The van der Waals surface area contributed by atoms with Crippen LogP contribution >= 0.6 is 11.6 Å². The number of hydrogen-bond acceptors (Lipinski definition) is 5. The minimum Gasteiger partial charge on any atom is -0.493 e. The largest absolute Gasteiger partial charge is 0.493 e. The molecule has 0 atom stereocenters. The summed E-state index contributed by atoms with van der Waals surface area (Å²) >= 11 is 6.44. The van der Waals surface area contributed by atoms with Crippen LogP contribution in [0.15, 0.2) is 54.6 Å². The molecule has 4 rings (SSSR count). The third kappa shape index (κ3) is 4.32. The van der Waals surface area contributed by atoms with Crippen molar-refractivity contribution in [2.24, 2.45) is 0 Å². The molecule has 0 spiro atoms. The average Bonchev–Trinajstić information content (AvgIpc) is 3.20. The Labute approximate surface area is 172 Å². The summed E-state index contributed by atoms with van der Waals surface area (Å²) in [6.07, 6.45) is 0. The number of halogens is 2. The Morgan fingerprint density at radius 2 is 1.83 bits per heavy atom. The standard InChI is InChI=1S/C22H19ClFNO4/c1-26-20-8-15(11-25-16-6-7-19-21(9-16)29-13-28-19)17(23)10-22(20)27-12-14-4-2-3-5-18(14)24/h2-10,25H,11-13H2,1H3. The molecule has 0 fully saturated rings. The highest BCUT2D eigenvalue weighted by Crippen LogP contribution is 2.36. The van der Waals surface area contributed by atoms with E-state index in [9.17, 15) is 4.39 Å². The molecule has 3 aromatic carbocycles. The van der Waals surface area contributed by atoms with Crippen LogP contribution in [0.1, 0.15) is 11.1 Å². The summed E-state index contributed by atoms with van der Waals surface area (Å²) in [6.45, 7) is 0.784. The van der Waals surface area contributed by atoms with Gasteiger partial charge in [-0.15, -0.1) is 0 Å². The van der Waals surface area contributed by atoms with Crippen LogP contribution in [0.3, 0.4) is 0 Å². The molecule has 1 aliphatic heterocycles. The van der Waals surface area contributed by atoms with E-state index in [1.807, 2.05) is 18.2 Å². The van der Waals surface area contributed by atoms with Gasteiger partial charge >= 0.3 is 0 Å². The first-order valence-electron chi connectivity index (χ1n) is 9.00. The summed E-state index contributed by atoms with van der Waals surface area (Å²) in [7, 11) is 1.55. The lowest BCUT2D eigenvalue weighted by molar-refractivity contribution is 0.174. The fourth-order valence-electron chi connectivity index (χ4n) is 2.96. The first-order valence-corrected chi connectivity index (χ1v) is 9.38. The summed E-state index contributed by atoms with van der Waals surface area (Å²) in [5, 5.41) is 3.82. The number of anilines is 1. The molecule has 5 nitrogen and oxygen atoms in total. The van der Waals surface area contributed by atoms with Gasteiger partial charge < -0.3 is 24.3 Å². The molecule has 0 aliphatic carbocycles. The van der Waals surface area contributed by atoms with E-state index in [1.165, 1.54) is 6.07 Å². The first-order chi connectivity index (χ1) is 14.1. The molecule has 0 aromatic heterocycles. The minimum atomic E-state index is -0.317. The van der Waals surface area contributed by atoms with Crippen LogP contribution in [0, 0.1) is 5.82 Å². The van der Waals surface area contributed by atoms with Gasteiger partial charge in [-0.05, 0) is 29.8 Å². The van der Waals surface area contributed by atoms with E-state index in [-0.39, 0.29) is 19.2 Å². The molecular formula is C22H19ClFNO4. The van der Waals surface area contributed by atoms with Gasteiger partial charge in [-0.2, -0.15) is 0 Å². The van der Waals surface area contributed by atoms with Gasteiger partial charge in [-0.1, -0.05) is 29.8 Å². The van der Waals surface area contributed by atoms with Gasteiger partial charge in [0.2, 0.25) is 6.79 Å². The maximum atomic E-state index is 13.8. The van der Waals surface area contributed by atoms with Gasteiger partial charge in [0.25, 0.3) is 0 Å². The topological polar surface area (TPSA) is 49.0 Å². The molecule has 0 amide bonds. The number of hydrogen-bond donors (Lipinski definition) is 1. The van der Waals surface area contributed by atoms with E-state index < -0.39 is 0 Å². The van der Waals surface area contributed by atoms with E-state index in [1.54, 1.807) is 37.4 Å². The highest BCUT2D eigenvalue weighted by atomic mass is 35.5. The van der Waals surface area contributed by atoms with Crippen molar-refractivity contribution in [3.8, 4) is 23.0 Å². The SMILES string of the molecule is COc1cc(CNc2ccc3c(c2)OCO3)c(Cl)cc1OCc1ccccc1F.